The van der Waals surface area contributed by atoms with Crippen LogP contribution in [0.4, 0.5) is 0 Å². The normalized spacial score (nSPS) is 27.5. The largest absolute Gasteiger partial charge is 0.396 e. The summed E-state index contributed by atoms with van der Waals surface area (Å²) >= 11 is 3.22. The molecule has 4 heteroatoms. The molecule has 0 radical (unpaired) electrons. The van der Waals surface area contributed by atoms with E-state index in [0.717, 1.165) is 19.3 Å². The Kier molecular flexibility index (Phi) is 4.73. The number of halogens is 1. The smallest absolute Gasteiger partial charge is 0.221 e. The second kappa shape index (κ2) is 5.60. The van der Waals surface area contributed by atoms with Crippen molar-refractivity contribution < 1.29 is 9.90 Å². The zero-order valence-electron chi connectivity index (χ0n) is 7.63. The van der Waals surface area contributed by atoms with E-state index in [1.165, 1.54) is 0 Å². The number of amides is 1. The van der Waals surface area contributed by atoms with Crippen LogP contribution in [0.15, 0.2) is 0 Å². The van der Waals surface area contributed by atoms with Gasteiger partial charge in [0.05, 0.1) is 0 Å². The van der Waals surface area contributed by atoms with Crippen molar-refractivity contribution in [2.24, 2.45) is 5.92 Å². The number of aliphatic hydroxyl groups excluding tert-OH is 1. The second-order valence-electron chi connectivity index (χ2n) is 3.49. The first-order chi connectivity index (χ1) is 6.27. The van der Waals surface area contributed by atoms with Gasteiger partial charge in [-0.2, -0.15) is 0 Å². The first kappa shape index (κ1) is 11.0. The number of hydrogen-bond donors (Lipinski definition) is 2. The molecule has 1 saturated carbocycles. The second-order valence-corrected chi connectivity index (χ2v) is 4.28. The Morgan fingerprint density at radius 1 is 1.54 bits per heavy atom. The Bertz CT molecular complexity index is 175. The van der Waals surface area contributed by atoms with Crippen molar-refractivity contribution in [3.8, 4) is 0 Å². The first-order valence-corrected chi connectivity index (χ1v) is 5.86. The molecule has 1 rings (SSSR count). The predicted molar refractivity (Wildman–Crippen MR) is 54.8 cm³/mol. The minimum Gasteiger partial charge on any atom is -0.396 e. The molecule has 0 aromatic rings. The maximum absolute atomic E-state index is 11.2. The van der Waals surface area contributed by atoms with Gasteiger partial charge in [-0.25, -0.2) is 0 Å². The van der Waals surface area contributed by atoms with Crippen LogP contribution in [-0.4, -0.2) is 29.0 Å². The third-order valence-electron chi connectivity index (χ3n) is 2.56. The monoisotopic (exact) mass is 249 g/mol. The van der Waals surface area contributed by atoms with E-state index >= 15 is 0 Å². The van der Waals surface area contributed by atoms with Crippen LogP contribution in [-0.2, 0) is 4.79 Å². The molecular weight excluding hydrogens is 234 g/mol. The van der Waals surface area contributed by atoms with Crippen molar-refractivity contribution in [3.05, 3.63) is 0 Å². The molecule has 0 aliphatic heterocycles. The highest BCUT2D eigenvalue weighted by molar-refractivity contribution is 9.09. The molecule has 0 bridgehead atoms. The summed E-state index contributed by atoms with van der Waals surface area (Å²) in [5, 5.41) is 12.7. The summed E-state index contributed by atoms with van der Waals surface area (Å²) < 4.78 is 0. The Balaban J connectivity index is 2.30. The molecular formula is C9H16BrNO2. The summed E-state index contributed by atoms with van der Waals surface area (Å²) in [6, 6.07) is 0.205. The Morgan fingerprint density at radius 2 is 2.31 bits per heavy atom. The number of nitrogens with one attached hydrogen (secondary N) is 1. The summed E-state index contributed by atoms with van der Waals surface area (Å²) in [6.07, 6.45) is 3.69. The summed E-state index contributed by atoms with van der Waals surface area (Å²) in [5.41, 5.74) is 0. The maximum atomic E-state index is 11.2. The number of aliphatic hydroxyl groups is 1. The summed E-state index contributed by atoms with van der Waals surface area (Å²) in [7, 11) is 0. The van der Waals surface area contributed by atoms with Crippen LogP contribution in [0, 0.1) is 5.92 Å². The molecule has 1 amide bonds. The lowest BCUT2D eigenvalue weighted by Crippen LogP contribution is -2.38. The molecule has 2 unspecified atom stereocenters. The molecule has 0 saturated heterocycles. The molecule has 1 aliphatic carbocycles. The standard InChI is InChI=1S/C9H16BrNO2/c10-5-4-9(13)11-8-3-1-2-7(8)6-12/h7-8,12H,1-6H2,(H,11,13). The highest BCUT2D eigenvalue weighted by atomic mass is 79.9. The molecule has 0 spiro atoms. The van der Waals surface area contributed by atoms with E-state index in [1.54, 1.807) is 0 Å². The molecule has 13 heavy (non-hydrogen) atoms. The average Bonchev–Trinajstić information content (AvgIpc) is 2.52. The van der Waals surface area contributed by atoms with Crippen LogP contribution in [0.25, 0.3) is 0 Å². The lowest BCUT2D eigenvalue weighted by atomic mass is 10.1. The van der Waals surface area contributed by atoms with Gasteiger partial charge in [0.2, 0.25) is 5.91 Å². The van der Waals surface area contributed by atoms with Crippen LogP contribution in [0.1, 0.15) is 25.7 Å². The van der Waals surface area contributed by atoms with Crippen molar-refractivity contribution in [2.45, 2.75) is 31.7 Å². The van der Waals surface area contributed by atoms with E-state index in [1.807, 2.05) is 0 Å². The summed E-state index contributed by atoms with van der Waals surface area (Å²) in [4.78, 5) is 11.2. The van der Waals surface area contributed by atoms with Crippen molar-refractivity contribution in [2.75, 3.05) is 11.9 Å². The molecule has 1 aliphatic rings. The highest BCUT2D eigenvalue weighted by Gasteiger charge is 2.27. The van der Waals surface area contributed by atoms with Gasteiger partial charge in [-0.15, -0.1) is 0 Å². The third-order valence-corrected chi connectivity index (χ3v) is 2.96. The van der Waals surface area contributed by atoms with Crippen LogP contribution >= 0.6 is 15.9 Å². The average molecular weight is 250 g/mol. The number of carbonyl (C=O) groups excluding carboxylic acids is 1. The van der Waals surface area contributed by atoms with Gasteiger partial charge < -0.3 is 10.4 Å². The van der Waals surface area contributed by atoms with E-state index < -0.39 is 0 Å². The summed E-state index contributed by atoms with van der Waals surface area (Å²) in [6.45, 7) is 0.194. The molecule has 0 aromatic heterocycles. The highest BCUT2D eigenvalue weighted by Crippen LogP contribution is 2.24. The van der Waals surface area contributed by atoms with Crippen LogP contribution in [0.3, 0.4) is 0 Å². The van der Waals surface area contributed by atoms with Gasteiger partial charge in [-0.1, -0.05) is 22.4 Å². The van der Waals surface area contributed by atoms with Gasteiger partial charge in [0.1, 0.15) is 0 Å². The number of carbonyl (C=O) groups is 1. The van der Waals surface area contributed by atoms with Crippen molar-refractivity contribution in [1.29, 1.82) is 0 Å². The molecule has 0 heterocycles. The zero-order chi connectivity index (χ0) is 9.68. The minimum absolute atomic E-state index is 0.0854. The first-order valence-electron chi connectivity index (χ1n) is 4.74. The van der Waals surface area contributed by atoms with E-state index in [9.17, 15) is 4.79 Å². The van der Waals surface area contributed by atoms with Crippen LogP contribution < -0.4 is 5.32 Å². The van der Waals surface area contributed by atoms with Crippen LogP contribution in [0.5, 0.6) is 0 Å². The van der Waals surface area contributed by atoms with Gasteiger partial charge in [-0.3, -0.25) is 4.79 Å². The van der Waals surface area contributed by atoms with E-state index in [2.05, 4.69) is 21.2 Å². The molecule has 76 valence electrons. The van der Waals surface area contributed by atoms with Gasteiger partial charge in [0.15, 0.2) is 0 Å². The van der Waals surface area contributed by atoms with Gasteiger partial charge >= 0.3 is 0 Å². The number of alkyl halides is 1. The summed E-state index contributed by atoms with van der Waals surface area (Å²) in [5.74, 6) is 0.363. The Morgan fingerprint density at radius 3 is 2.92 bits per heavy atom. The topological polar surface area (TPSA) is 49.3 Å². The van der Waals surface area contributed by atoms with Gasteiger partial charge in [0.25, 0.3) is 0 Å². The van der Waals surface area contributed by atoms with E-state index in [0.29, 0.717) is 11.8 Å². The van der Waals surface area contributed by atoms with Crippen molar-refractivity contribution >= 4 is 21.8 Å². The zero-order valence-corrected chi connectivity index (χ0v) is 9.22. The van der Waals surface area contributed by atoms with Gasteiger partial charge in [-0.05, 0) is 12.8 Å². The number of rotatable bonds is 4. The minimum atomic E-state index is 0.0854. The lowest BCUT2D eigenvalue weighted by molar-refractivity contribution is -0.121. The molecule has 1 fully saturated rings. The van der Waals surface area contributed by atoms with Crippen LogP contribution in [0.2, 0.25) is 0 Å². The quantitative estimate of drug-likeness (QED) is 0.733. The fraction of sp³-hybridized carbons (Fsp3) is 0.889. The lowest BCUT2D eigenvalue weighted by Gasteiger charge is -2.18. The Labute approximate surface area is 87.0 Å². The number of hydrogen-bond acceptors (Lipinski definition) is 2. The molecule has 2 atom stereocenters. The SMILES string of the molecule is O=C(CCBr)NC1CCCC1CO. The van der Waals surface area contributed by atoms with Gasteiger partial charge in [0, 0.05) is 30.3 Å². The Hall–Kier alpha value is -0.0900. The van der Waals surface area contributed by atoms with Crippen molar-refractivity contribution in [3.63, 3.8) is 0 Å². The van der Waals surface area contributed by atoms with E-state index in [4.69, 9.17) is 5.11 Å². The predicted octanol–water partition coefficient (Wildman–Crippen LogP) is 1.05. The molecule has 3 nitrogen and oxygen atoms in total. The van der Waals surface area contributed by atoms with E-state index in [-0.39, 0.29) is 24.5 Å². The molecule has 0 aromatic carbocycles. The van der Waals surface area contributed by atoms with Crippen molar-refractivity contribution in [1.82, 2.24) is 5.32 Å². The maximum Gasteiger partial charge on any atom is 0.221 e. The fourth-order valence-corrected chi connectivity index (χ4v) is 2.17. The molecule has 2 N–H and O–H groups in total. The fourth-order valence-electron chi connectivity index (χ4n) is 1.81. The third kappa shape index (κ3) is 3.27.